The quantitative estimate of drug-likeness (QED) is 0.679. The van der Waals surface area contributed by atoms with Crippen molar-refractivity contribution in [1.82, 2.24) is 10.3 Å². The lowest BCUT2D eigenvalue weighted by Gasteiger charge is -2.06. The van der Waals surface area contributed by atoms with Gasteiger partial charge >= 0.3 is 0 Å². The zero-order valence-corrected chi connectivity index (χ0v) is 11.7. The molecule has 1 N–H and O–H groups in total. The summed E-state index contributed by atoms with van der Waals surface area (Å²) in [6.45, 7) is 0.392. The van der Waals surface area contributed by atoms with Crippen LogP contribution in [0.25, 0.3) is 0 Å². The van der Waals surface area contributed by atoms with Crippen molar-refractivity contribution in [3.8, 4) is 0 Å². The molecule has 1 aromatic heterocycles. The topological polar surface area (TPSA) is 85.1 Å². The van der Waals surface area contributed by atoms with Gasteiger partial charge in [0.15, 0.2) is 0 Å². The molecule has 0 radical (unpaired) electrons. The maximum Gasteiger partial charge on any atom is 0.270 e. The second kappa shape index (κ2) is 6.81. The van der Waals surface area contributed by atoms with Gasteiger partial charge in [-0.1, -0.05) is 17.7 Å². The molecular weight excluding hydrogens is 294 g/mol. The molecule has 7 heteroatoms. The van der Waals surface area contributed by atoms with Gasteiger partial charge in [0, 0.05) is 31.1 Å². The predicted molar refractivity (Wildman–Crippen MR) is 78.4 cm³/mol. The van der Waals surface area contributed by atoms with E-state index in [9.17, 15) is 14.9 Å². The van der Waals surface area contributed by atoms with E-state index < -0.39 is 10.8 Å². The fourth-order valence-corrected chi connectivity index (χ4v) is 1.97. The molecule has 6 nitrogen and oxygen atoms in total. The minimum atomic E-state index is -0.567. The van der Waals surface area contributed by atoms with Crippen LogP contribution in [0.2, 0.25) is 5.02 Å². The Labute approximate surface area is 125 Å². The maximum atomic E-state index is 12.0. The number of aromatic nitrogens is 1. The van der Waals surface area contributed by atoms with E-state index in [1.54, 1.807) is 12.4 Å². The second-order valence-corrected chi connectivity index (χ2v) is 4.70. The Morgan fingerprint density at radius 1 is 1.38 bits per heavy atom. The van der Waals surface area contributed by atoms with Gasteiger partial charge in [-0.25, -0.2) is 0 Å². The molecular formula is C14H12ClN3O3. The first-order valence-electron chi connectivity index (χ1n) is 6.19. The van der Waals surface area contributed by atoms with Gasteiger partial charge < -0.3 is 5.32 Å². The standard InChI is InChI=1S/C14H12ClN3O3/c15-13-4-3-11(18(20)21)8-12(13)14(19)17-7-5-10-2-1-6-16-9-10/h1-4,6,8-9H,5,7H2,(H,17,19). The summed E-state index contributed by atoms with van der Waals surface area (Å²) >= 11 is 5.90. The van der Waals surface area contributed by atoms with Crippen LogP contribution in [-0.4, -0.2) is 22.4 Å². The first kappa shape index (κ1) is 14.9. The van der Waals surface area contributed by atoms with Gasteiger partial charge in [-0.15, -0.1) is 0 Å². The SMILES string of the molecule is O=C(NCCc1cccnc1)c1cc([N+](=O)[O-])ccc1Cl. The molecule has 0 saturated heterocycles. The Kier molecular flexibility index (Phi) is 4.84. The zero-order chi connectivity index (χ0) is 15.2. The molecule has 0 unspecified atom stereocenters. The van der Waals surface area contributed by atoms with Crippen LogP contribution in [-0.2, 0) is 6.42 Å². The molecule has 0 aliphatic carbocycles. The molecule has 108 valence electrons. The Morgan fingerprint density at radius 2 is 2.19 bits per heavy atom. The van der Waals surface area contributed by atoms with E-state index in [0.29, 0.717) is 13.0 Å². The van der Waals surface area contributed by atoms with Crippen molar-refractivity contribution in [3.05, 3.63) is 69.0 Å². The second-order valence-electron chi connectivity index (χ2n) is 4.29. The average Bonchev–Trinajstić information content (AvgIpc) is 2.48. The Morgan fingerprint density at radius 3 is 2.86 bits per heavy atom. The first-order valence-corrected chi connectivity index (χ1v) is 6.57. The van der Waals surface area contributed by atoms with E-state index in [4.69, 9.17) is 11.6 Å². The zero-order valence-electron chi connectivity index (χ0n) is 11.0. The van der Waals surface area contributed by atoms with Crippen LogP contribution in [0.15, 0.2) is 42.7 Å². The highest BCUT2D eigenvalue weighted by molar-refractivity contribution is 6.33. The van der Waals surface area contributed by atoms with Gasteiger partial charge in [0.1, 0.15) is 0 Å². The molecule has 0 spiro atoms. The summed E-state index contributed by atoms with van der Waals surface area (Å²) in [6.07, 6.45) is 4.00. The average molecular weight is 306 g/mol. The number of amides is 1. The number of non-ortho nitro benzene ring substituents is 1. The lowest BCUT2D eigenvalue weighted by molar-refractivity contribution is -0.384. The molecule has 2 aromatic rings. The summed E-state index contributed by atoms with van der Waals surface area (Å²) < 4.78 is 0. The molecule has 0 atom stereocenters. The fraction of sp³-hybridized carbons (Fsp3) is 0.143. The van der Waals surface area contributed by atoms with Crippen LogP contribution in [0.4, 0.5) is 5.69 Å². The van der Waals surface area contributed by atoms with Crippen molar-refractivity contribution < 1.29 is 9.72 Å². The normalized spacial score (nSPS) is 10.1. The molecule has 2 rings (SSSR count). The molecule has 0 aliphatic rings. The number of carbonyl (C=O) groups excluding carboxylic acids is 1. The van der Waals surface area contributed by atoms with Crippen LogP contribution < -0.4 is 5.32 Å². The number of carbonyl (C=O) groups is 1. The predicted octanol–water partition coefficient (Wildman–Crippen LogP) is 2.62. The van der Waals surface area contributed by atoms with Crippen LogP contribution in [0.1, 0.15) is 15.9 Å². The van der Waals surface area contributed by atoms with E-state index >= 15 is 0 Å². The highest BCUT2D eigenvalue weighted by Crippen LogP contribution is 2.21. The van der Waals surface area contributed by atoms with Crippen LogP contribution in [0.5, 0.6) is 0 Å². The number of nitro groups is 1. The highest BCUT2D eigenvalue weighted by atomic mass is 35.5. The van der Waals surface area contributed by atoms with E-state index in [2.05, 4.69) is 10.3 Å². The minimum Gasteiger partial charge on any atom is -0.352 e. The Hall–Kier alpha value is -2.47. The minimum absolute atomic E-state index is 0.0945. The Bertz CT molecular complexity index is 662. The molecule has 21 heavy (non-hydrogen) atoms. The van der Waals surface area contributed by atoms with Gasteiger partial charge in [-0.3, -0.25) is 19.9 Å². The van der Waals surface area contributed by atoms with Crippen molar-refractivity contribution in [2.45, 2.75) is 6.42 Å². The summed E-state index contributed by atoms with van der Waals surface area (Å²) in [5.74, 6) is -0.437. The van der Waals surface area contributed by atoms with E-state index in [-0.39, 0.29) is 16.3 Å². The third-order valence-electron chi connectivity index (χ3n) is 2.83. The summed E-state index contributed by atoms with van der Waals surface area (Å²) in [4.78, 5) is 26.1. The third-order valence-corrected chi connectivity index (χ3v) is 3.16. The first-order chi connectivity index (χ1) is 10.1. The molecule has 0 saturated carbocycles. The molecule has 0 fully saturated rings. The smallest absolute Gasteiger partial charge is 0.270 e. The molecule has 1 aromatic carbocycles. The van der Waals surface area contributed by atoms with Crippen LogP contribution in [0.3, 0.4) is 0 Å². The van der Waals surface area contributed by atoms with Gasteiger partial charge in [0.2, 0.25) is 0 Å². The molecule has 0 aliphatic heterocycles. The number of nitrogens with zero attached hydrogens (tertiary/aromatic N) is 2. The number of pyridine rings is 1. The number of benzene rings is 1. The molecule has 1 heterocycles. The van der Waals surface area contributed by atoms with E-state index in [0.717, 1.165) is 5.56 Å². The lowest BCUT2D eigenvalue weighted by Crippen LogP contribution is -2.26. The number of nitrogens with one attached hydrogen (secondary N) is 1. The van der Waals surface area contributed by atoms with Crippen LogP contribution >= 0.6 is 11.6 Å². The number of hydrogen-bond donors (Lipinski definition) is 1. The number of nitro benzene ring substituents is 1. The van der Waals surface area contributed by atoms with Gasteiger partial charge in [-0.2, -0.15) is 0 Å². The van der Waals surface area contributed by atoms with Crippen molar-refractivity contribution in [2.75, 3.05) is 6.54 Å². The van der Waals surface area contributed by atoms with Crippen molar-refractivity contribution >= 4 is 23.2 Å². The summed E-state index contributed by atoms with van der Waals surface area (Å²) in [7, 11) is 0. The van der Waals surface area contributed by atoms with E-state index in [1.807, 2.05) is 12.1 Å². The van der Waals surface area contributed by atoms with Gasteiger partial charge in [-0.05, 0) is 24.1 Å². The highest BCUT2D eigenvalue weighted by Gasteiger charge is 2.15. The summed E-state index contributed by atoms with van der Waals surface area (Å²) in [5, 5.41) is 13.6. The Balaban J connectivity index is 2.00. The van der Waals surface area contributed by atoms with Crippen LogP contribution in [0, 0.1) is 10.1 Å². The summed E-state index contributed by atoms with van der Waals surface area (Å²) in [5.41, 5.74) is 0.914. The number of hydrogen-bond acceptors (Lipinski definition) is 4. The third kappa shape index (κ3) is 4.00. The number of halogens is 1. The monoisotopic (exact) mass is 305 g/mol. The molecule has 1 amide bonds. The largest absolute Gasteiger partial charge is 0.352 e. The van der Waals surface area contributed by atoms with Crippen molar-refractivity contribution in [2.24, 2.45) is 0 Å². The lowest BCUT2D eigenvalue weighted by atomic mass is 10.1. The van der Waals surface area contributed by atoms with E-state index in [1.165, 1.54) is 18.2 Å². The van der Waals surface area contributed by atoms with Crippen molar-refractivity contribution in [1.29, 1.82) is 0 Å². The van der Waals surface area contributed by atoms with Gasteiger partial charge in [0.25, 0.3) is 11.6 Å². The number of rotatable bonds is 5. The maximum absolute atomic E-state index is 12.0. The fourth-order valence-electron chi connectivity index (χ4n) is 1.76. The van der Waals surface area contributed by atoms with Gasteiger partial charge in [0.05, 0.1) is 15.5 Å². The summed E-state index contributed by atoms with van der Waals surface area (Å²) in [6, 6.07) is 7.49. The molecule has 0 bridgehead atoms. The van der Waals surface area contributed by atoms with Crippen molar-refractivity contribution in [3.63, 3.8) is 0 Å².